The summed E-state index contributed by atoms with van der Waals surface area (Å²) in [6, 6.07) is 17.7. The summed E-state index contributed by atoms with van der Waals surface area (Å²) in [6.07, 6.45) is 0. The molecule has 0 aliphatic rings. The minimum atomic E-state index is -3.65. The van der Waals surface area contributed by atoms with Gasteiger partial charge in [-0.3, -0.25) is 0 Å². The smallest absolute Gasteiger partial charge is 0.412 e. The monoisotopic (exact) mass is 353 g/mol. The molecule has 2 rings (SSSR count). The number of hydrogen-bond acceptors (Lipinski definition) is 6. The summed E-state index contributed by atoms with van der Waals surface area (Å²) < 4.78 is 24.5. The molecule has 0 unspecified atom stereocenters. The highest BCUT2D eigenvalue weighted by molar-refractivity contribution is 8.35. The van der Waals surface area contributed by atoms with Gasteiger partial charge in [0.05, 0.1) is 0 Å². The summed E-state index contributed by atoms with van der Waals surface area (Å²) in [6.45, 7) is 0.432. The second kappa shape index (κ2) is 8.34. The Balaban J connectivity index is 2.23. The van der Waals surface area contributed by atoms with Crippen LogP contribution in [0.1, 0.15) is 0 Å². The molecular weight excluding hydrogens is 337 g/mol. The van der Waals surface area contributed by atoms with E-state index in [-0.39, 0.29) is 3.94 Å². The first-order valence-electron chi connectivity index (χ1n) is 6.61. The quantitative estimate of drug-likeness (QED) is 0.591. The van der Waals surface area contributed by atoms with Gasteiger partial charge in [-0.1, -0.05) is 48.6 Å². The van der Waals surface area contributed by atoms with E-state index in [0.29, 0.717) is 23.8 Å². The van der Waals surface area contributed by atoms with Crippen LogP contribution in [0.2, 0.25) is 0 Å². The number of nitrogens with two attached hydrogens (primary N) is 1. The van der Waals surface area contributed by atoms with E-state index >= 15 is 0 Å². The highest BCUT2D eigenvalue weighted by atomic mass is 32.2. The van der Waals surface area contributed by atoms with Gasteiger partial charge in [-0.05, 0) is 24.3 Å². The number of benzene rings is 2. The van der Waals surface area contributed by atoms with Gasteiger partial charge in [0, 0.05) is 12.3 Å². The van der Waals surface area contributed by atoms with Gasteiger partial charge in [0.2, 0.25) is 0 Å². The fraction of sp³-hybridized carbons (Fsp3) is 0.133. The van der Waals surface area contributed by atoms with Gasteiger partial charge in [0.25, 0.3) is 0 Å². The Labute approximate surface area is 139 Å². The van der Waals surface area contributed by atoms with Crippen molar-refractivity contribution < 1.29 is 13.6 Å². The number of para-hydroxylation sites is 2. The number of rotatable bonds is 7. The zero-order valence-corrected chi connectivity index (χ0v) is 14.3. The van der Waals surface area contributed by atoms with Crippen LogP contribution in [-0.2, 0) is 4.57 Å². The van der Waals surface area contributed by atoms with Crippen LogP contribution in [-0.4, -0.2) is 16.2 Å². The Morgan fingerprint density at radius 1 is 1.00 bits per heavy atom. The first kappa shape index (κ1) is 17.0. The molecule has 0 aliphatic carbocycles. The molecule has 0 atom stereocenters. The predicted molar refractivity (Wildman–Crippen MR) is 95.9 cm³/mol. The van der Waals surface area contributed by atoms with Crippen LogP contribution >= 0.6 is 31.6 Å². The van der Waals surface area contributed by atoms with Crippen molar-refractivity contribution in [3.05, 3.63) is 60.7 Å². The molecule has 2 N–H and O–H groups in total. The van der Waals surface area contributed by atoms with Crippen LogP contribution < -0.4 is 14.8 Å². The number of thioether (sulfide) groups is 1. The summed E-state index contributed by atoms with van der Waals surface area (Å²) in [7, 11) is -3.65. The normalized spacial score (nSPS) is 11.0. The number of thiocarbonyl (C=S) groups is 1. The van der Waals surface area contributed by atoms with E-state index in [9.17, 15) is 4.57 Å². The van der Waals surface area contributed by atoms with Crippen molar-refractivity contribution in [1.29, 1.82) is 0 Å². The largest absolute Gasteiger partial charge is 0.480 e. The van der Waals surface area contributed by atoms with Crippen molar-refractivity contribution in [3.63, 3.8) is 0 Å². The predicted octanol–water partition coefficient (Wildman–Crippen LogP) is 4.31. The maximum Gasteiger partial charge on any atom is 0.480 e. The molecule has 0 bridgehead atoms. The zero-order chi connectivity index (χ0) is 15.8. The van der Waals surface area contributed by atoms with Gasteiger partial charge in [-0.15, -0.1) is 11.8 Å². The van der Waals surface area contributed by atoms with Crippen molar-refractivity contribution in [2.75, 3.05) is 12.3 Å². The molecule has 116 valence electrons. The third-order valence-electron chi connectivity index (χ3n) is 2.50. The summed E-state index contributed by atoms with van der Waals surface area (Å²) in [5.41, 5.74) is 5.47. The SMILES string of the molecule is NCCSC(=S)P(=O)(Oc1ccccc1)Oc1ccccc1. The van der Waals surface area contributed by atoms with Crippen molar-refractivity contribution in [2.24, 2.45) is 5.73 Å². The molecule has 2 aromatic rings. The third kappa shape index (κ3) is 4.85. The lowest BCUT2D eigenvalue weighted by Gasteiger charge is -2.20. The van der Waals surface area contributed by atoms with Gasteiger partial charge in [0.1, 0.15) is 11.5 Å². The van der Waals surface area contributed by atoms with Crippen molar-refractivity contribution in [3.8, 4) is 11.5 Å². The lowest BCUT2D eigenvalue weighted by atomic mass is 10.3. The average Bonchev–Trinajstić information content (AvgIpc) is 2.54. The second-order valence-electron chi connectivity index (χ2n) is 4.21. The topological polar surface area (TPSA) is 61.6 Å². The standard InChI is InChI=1S/C15H16NO3PS2/c16-11-12-22-15(21)20(17,18-13-7-3-1-4-8-13)19-14-9-5-2-6-10-14/h1-10H,11-12,16H2. The molecule has 0 aromatic heterocycles. The highest BCUT2D eigenvalue weighted by Crippen LogP contribution is 2.53. The van der Waals surface area contributed by atoms with E-state index in [0.717, 1.165) is 0 Å². The van der Waals surface area contributed by atoms with E-state index in [1.54, 1.807) is 48.5 Å². The fourth-order valence-electron chi connectivity index (χ4n) is 1.56. The molecule has 0 amide bonds. The van der Waals surface area contributed by atoms with Crippen LogP contribution in [0, 0.1) is 0 Å². The Kier molecular flexibility index (Phi) is 6.46. The van der Waals surface area contributed by atoms with Gasteiger partial charge in [0.15, 0.2) is 3.94 Å². The van der Waals surface area contributed by atoms with E-state index in [1.165, 1.54) is 11.8 Å². The Bertz CT molecular complexity index is 607. The summed E-state index contributed by atoms with van der Waals surface area (Å²) >= 11 is 6.46. The van der Waals surface area contributed by atoms with E-state index in [4.69, 9.17) is 27.0 Å². The van der Waals surface area contributed by atoms with Crippen LogP contribution in [0.25, 0.3) is 0 Å². The molecule has 0 radical (unpaired) electrons. The van der Waals surface area contributed by atoms with Crippen LogP contribution in [0.4, 0.5) is 0 Å². The van der Waals surface area contributed by atoms with Gasteiger partial charge in [-0.2, -0.15) is 0 Å². The first-order chi connectivity index (χ1) is 10.6. The van der Waals surface area contributed by atoms with Crippen molar-refractivity contribution >= 4 is 35.5 Å². The first-order valence-corrected chi connectivity index (χ1v) is 9.54. The van der Waals surface area contributed by atoms with Gasteiger partial charge in [-0.25, -0.2) is 4.57 Å². The maximum absolute atomic E-state index is 13.1. The highest BCUT2D eigenvalue weighted by Gasteiger charge is 2.34. The van der Waals surface area contributed by atoms with Crippen molar-refractivity contribution in [2.45, 2.75) is 0 Å². The average molecular weight is 353 g/mol. The molecule has 2 aromatic carbocycles. The minimum Gasteiger partial charge on any atom is -0.412 e. The molecule has 0 fully saturated rings. The van der Waals surface area contributed by atoms with Crippen LogP contribution in [0.3, 0.4) is 0 Å². The lowest BCUT2D eigenvalue weighted by Crippen LogP contribution is -2.10. The van der Waals surface area contributed by atoms with E-state index in [1.807, 2.05) is 12.1 Å². The fourth-order valence-corrected chi connectivity index (χ4v) is 4.44. The molecular formula is C15H16NO3PS2. The Morgan fingerprint density at radius 3 is 1.86 bits per heavy atom. The second-order valence-corrected chi connectivity index (χ2v) is 8.39. The van der Waals surface area contributed by atoms with Gasteiger partial charge >= 0.3 is 7.60 Å². The van der Waals surface area contributed by atoms with Crippen LogP contribution in [0.15, 0.2) is 60.7 Å². The summed E-state index contributed by atoms with van der Waals surface area (Å²) in [4.78, 5) is 0. The molecule has 0 spiro atoms. The zero-order valence-electron chi connectivity index (χ0n) is 11.8. The minimum absolute atomic E-state index is 0.172. The number of hydrogen-bond donors (Lipinski definition) is 1. The summed E-state index contributed by atoms with van der Waals surface area (Å²) in [5, 5.41) is 0. The maximum atomic E-state index is 13.1. The Morgan fingerprint density at radius 2 is 1.45 bits per heavy atom. The molecule has 4 nitrogen and oxygen atoms in total. The van der Waals surface area contributed by atoms with Crippen LogP contribution in [0.5, 0.6) is 11.5 Å². The van der Waals surface area contributed by atoms with E-state index < -0.39 is 7.60 Å². The summed E-state index contributed by atoms with van der Waals surface area (Å²) in [5.74, 6) is 1.44. The Hall–Kier alpha value is -1.33. The molecule has 0 aliphatic heterocycles. The van der Waals surface area contributed by atoms with E-state index in [2.05, 4.69) is 0 Å². The lowest BCUT2D eigenvalue weighted by molar-refractivity contribution is 0.404. The van der Waals surface area contributed by atoms with Crippen molar-refractivity contribution in [1.82, 2.24) is 0 Å². The van der Waals surface area contributed by atoms with Gasteiger partial charge < -0.3 is 14.8 Å². The molecule has 0 heterocycles. The molecule has 0 saturated heterocycles. The molecule has 0 saturated carbocycles. The third-order valence-corrected chi connectivity index (χ3v) is 6.62. The molecule has 7 heteroatoms. The molecule has 22 heavy (non-hydrogen) atoms.